The van der Waals surface area contributed by atoms with E-state index in [1.54, 1.807) is 31.2 Å². The first-order valence-electron chi connectivity index (χ1n) is 7.69. The Labute approximate surface area is 150 Å². The number of nitrogens with one attached hydrogen (secondary N) is 1. The molecule has 8 nitrogen and oxygen atoms in total. The fourth-order valence-electron chi connectivity index (χ4n) is 2.44. The molecule has 0 saturated heterocycles. The molecule has 1 N–H and O–H groups in total. The lowest BCUT2D eigenvalue weighted by atomic mass is 10.1. The molecular weight excluding hydrogens is 356 g/mol. The van der Waals surface area contributed by atoms with E-state index in [4.69, 9.17) is 9.15 Å². The molecule has 0 aliphatic heterocycles. The summed E-state index contributed by atoms with van der Waals surface area (Å²) in [7, 11) is 0. The second-order valence-corrected chi connectivity index (χ2v) is 6.36. The number of esters is 1. The van der Waals surface area contributed by atoms with E-state index in [1.165, 1.54) is 11.3 Å². The standard InChI is InChI=1S/C17H12N4O4S/c1-9(15-20-21-16(25-15)12-7-4-8-26-12)24-17(23)13-10-5-2-3-6-11(10)14(22)19-18-13/h2-9H,1H3,(H,19,22)/t9-/m1/s1. The maximum atomic E-state index is 12.5. The van der Waals surface area contributed by atoms with E-state index in [9.17, 15) is 9.59 Å². The normalized spacial score (nSPS) is 12.2. The van der Waals surface area contributed by atoms with Crippen molar-refractivity contribution in [3.8, 4) is 10.8 Å². The van der Waals surface area contributed by atoms with Gasteiger partial charge in [-0.05, 0) is 24.4 Å². The fourth-order valence-corrected chi connectivity index (χ4v) is 3.08. The number of aromatic amines is 1. The van der Waals surface area contributed by atoms with E-state index in [2.05, 4.69) is 20.4 Å². The minimum atomic E-state index is -0.767. The van der Waals surface area contributed by atoms with Crippen LogP contribution in [0.3, 0.4) is 0 Å². The summed E-state index contributed by atoms with van der Waals surface area (Å²) < 4.78 is 11.0. The van der Waals surface area contributed by atoms with Crippen molar-refractivity contribution in [2.24, 2.45) is 0 Å². The third-order valence-corrected chi connectivity index (χ3v) is 4.55. The minimum Gasteiger partial charge on any atom is -0.448 e. The Bertz CT molecular complexity index is 1130. The molecule has 4 aromatic rings. The highest BCUT2D eigenvalue weighted by molar-refractivity contribution is 7.13. The van der Waals surface area contributed by atoms with Crippen molar-refractivity contribution in [1.29, 1.82) is 0 Å². The maximum Gasteiger partial charge on any atom is 0.360 e. The zero-order valence-electron chi connectivity index (χ0n) is 13.5. The van der Waals surface area contributed by atoms with Gasteiger partial charge in [-0.2, -0.15) is 5.10 Å². The zero-order valence-corrected chi connectivity index (χ0v) is 14.3. The summed E-state index contributed by atoms with van der Waals surface area (Å²) in [6.45, 7) is 1.62. The second kappa shape index (κ2) is 6.52. The predicted octanol–water partition coefficient (Wildman–Crippen LogP) is 2.95. The number of benzene rings is 1. The van der Waals surface area contributed by atoms with Gasteiger partial charge in [-0.3, -0.25) is 4.79 Å². The number of hydrogen-bond acceptors (Lipinski definition) is 8. The van der Waals surface area contributed by atoms with Gasteiger partial charge in [-0.25, -0.2) is 9.89 Å². The summed E-state index contributed by atoms with van der Waals surface area (Å²) in [5, 5.41) is 16.7. The van der Waals surface area contributed by atoms with Gasteiger partial charge in [0.15, 0.2) is 11.8 Å². The number of carbonyl (C=O) groups is 1. The van der Waals surface area contributed by atoms with E-state index in [0.29, 0.717) is 16.7 Å². The number of ether oxygens (including phenoxy) is 1. The van der Waals surface area contributed by atoms with Crippen LogP contribution in [0.5, 0.6) is 0 Å². The Morgan fingerprint density at radius 3 is 2.77 bits per heavy atom. The van der Waals surface area contributed by atoms with Crippen molar-refractivity contribution in [2.75, 3.05) is 0 Å². The van der Waals surface area contributed by atoms with Crippen LogP contribution in [0.4, 0.5) is 0 Å². The Morgan fingerprint density at radius 2 is 2.00 bits per heavy atom. The molecule has 1 aromatic carbocycles. The van der Waals surface area contributed by atoms with Crippen molar-refractivity contribution >= 4 is 28.1 Å². The number of rotatable bonds is 4. The third-order valence-electron chi connectivity index (χ3n) is 3.69. The highest BCUT2D eigenvalue weighted by Crippen LogP contribution is 2.26. The molecule has 26 heavy (non-hydrogen) atoms. The van der Waals surface area contributed by atoms with Crippen LogP contribution in [-0.2, 0) is 4.74 Å². The van der Waals surface area contributed by atoms with Gasteiger partial charge in [-0.15, -0.1) is 21.5 Å². The smallest absolute Gasteiger partial charge is 0.360 e. The fraction of sp³-hybridized carbons (Fsp3) is 0.118. The topological polar surface area (TPSA) is 111 Å². The largest absolute Gasteiger partial charge is 0.448 e. The van der Waals surface area contributed by atoms with Crippen molar-refractivity contribution in [3.63, 3.8) is 0 Å². The monoisotopic (exact) mass is 368 g/mol. The Kier molecular flexibility index (Phi) is 4.05. The molecule has 0 unspecified atom stereocenters. The van der Waals surface area contributed by atoms with Gasteiger partial charge >= 0.3 is 5.97 Å². The molecule has 0 bridgehead atoms. The predicted molar refractivity (Wildman–Crippen MR) is 93.8 cm³/mol. The van der Waals surface area contributed by atoms with Crippen LogP contribution < -0.4 is 5.56 Å². The molecule has 1 atom stereocenters. The molecule has 0 spiro atoms. The molecular formula is C17H12N4O4S. The first kappa shape index (κ1) is 16.2. The summed E-state index contributed by atoms with van der Waals surface area (Å²) in [5.74, 6) is -0.151. The van der Waals surface area contributed by atoms with Crippen LogP contribution >= 0.6 is 11.3 Å². The van der Waals surface area contributed by atoms with Crippen LogP contribution in [0.1, 0.15) is 29.4 Å². The van der Waals surface area contributed by atoms with Crippen LogP contribution in [0.2, 0.25) is 0 Å². The van der Waals surface area contributed by atoms with Gasteiger partial charge in [0.25, 0.3) is 17.3 Å². The number of hydrogen-bond donors (Lipinski definition) is 1. The first-order chi connectivity index (χ1) is 12.6. The molecule has 3 heterocycles. The Balaban J connectivity index is 1.59. The molecule has 4 rings (SSSR count). The summed E-state index contributed by atoms with van der Waals surface area (Å²) >= 11 is 1.47. The Morgan fingerprint density at radius 1 is 1.19 bits per heavy atom. The number of fused-ring (bicyclic) bond motifs is 1. The van der Waals surface area contributed by atoms with Crippen molar-refractivity contribution in [2.45, 2.75) is 13.0 Å². The SMILES string of the molecule is C[C@@H](OC(=O)c1n[nH]c(=O)c2ccccc12)c1nnc(-c2cccs2)o1. The lowest BCUT2D eigenvalue weighted by molar-refractivity contribution is 0.0274. The van der Waals surface area contributed by atoms with Gasteiger partial charge in [0.1, 0.15) is 0 Å². The minimum absolute atomic E-state index is 0.0186. The first-order valence-corrected chi connectivity index (χ1v) is 8.57. The quantitative estimate of drug-likeness (QED) is 0.551. The van der Waals surface area contributed by atoms with Gasteiger partial charge in [0.2, 0.25) is 0 Å². The number of thiophene rings is 1. The average Bonchev–Trinajstić information content (AvgIpc) is 3.33. The molecule has 0 amide bonds. The molecule has 0 fully saturated rings. The van der Waals surface area contributed by atoms with Crippen LogP contribution in [-0.4, -0.2) is 26.4 Å². The number of nitrogens with zero attached hydrogens (tertiary/aromatic N) is 3. The molecule has 0 aliphatic carbocycles. The van der Waals surface area contributed by atoms with Crippen molar-refractivity contribution in [1.82, 2.24) is 20.4 Å². The molecule has 130 valence electrons. The van der Waals surface area contributed by atoms with Gasteiger partial charge in [0.05, 0.1) is 10.3 Å². The highest BCUT2D eigenvalue weighted by Gasteiger charge is 2.23. The van der Waals surface area contributed by atoms with Crippen LogP contribution in [0, 0.1) is 0 Å². The van der Waals surface area contributed by atoms with E-state index < -0.39 is 12.1 Å². The second-order valence-electron chi connectivity index (χ2n) is 5.42. The van der Waals surface area contributed by atoms with Gasteiger partial charge in [-0.1, -0.05) is 24.3 Å². The van der Waals surface area contributed by atoms with Crippen LogP contribution in [0.15, 0.2) is 51.0 Å². The summed E-state index contributed by atoms with van der Waals surface area (Å²) in [5.41, 5.74) is -0.354. The molecule has 0 saturated carbocycles. The molecule has 3 aromatic heterocycles. The summed E-state index contributed by atoms with van der Waals surface area (Å²) in [6.07, 6.45) is -0.767. The van der Waals surface area contributed by atoms with E-state index >= 15 is 0 Å². The van der Waals surface area contributed by atoms with Crippen molar-refractivity contribution < 1.29 is 13.9 Å². The zero-order chi connectivity index (χ0) is 18.1. The molecule has 9 heteroatoms. The third kappa shape index (κ3) is 2.88. The highest BCUT2D eigenvalue weighted by atomic mass is 32.1. The maximum absolute atomic E-state index is 12.5. The number of aromatic nitrogens is 4. The lowest BCUT2D eigenvalue weighted by Crippen LogP contribution is -2.17. The van der Waals surface area contributed by atoms with Gasteiger partial charge in [0, 0.05) is 5.39 Å². The average molecular weight is 368 g/mol. The van der Waals surface area contributed by atoms with Gasteiger partial charge < -0.3 is 9.15 Å². The number of H-pyrrole nitrogens is 1. The Hall–Kier alpha value is -3.33. The number of carbonyl (C=O) groups excluding carboxylic acids is 1. The molecule has 0 radical (unpaired) electrons. The summed E-state index contributed by atoms with van der Waals surface area (Å²) in [4.78, 5) is 25.1. The summed E-state index contributed by atoms with van der Waals surface area (Å²) in [6, 6.07) is 10.4. The van der Waals surface area contributed by atoms with Crippen LogP contribution in [0.25, 0.3) is 21.5 Å². The van der Waals surface area contributed by atoms with Crippen molar-refractivity contribution in [3.05, 3.63) is 63.7 Å². The van der Waals surface area contributed by atoms with E-state index in [-0.39, 0.29) is 17.1 Å². The molecule has 0 aliphatic rings. The van der Waals surface area contributed by atoms with E-state index in [0.717, 1.165) is 4.88 Å². The lowest BCUT2D eigenvalue weighted by Gasteiger charge is -2.09. The van der Waals surface area contributed by atoms with E-state index in [1.807, 2.05) is 17.5 Å².